The van der Waals surface area contributed by atoms with Crippen LogP contribution < -0.4 is 5.32 Å². The van der Waals surface area contributed by atoms with Crippen LogP contribution in [0.5, 0.6) is 0 Å². The minimum absolute atomic E-state index is 0.229. The highest BCUT2D eigenvalue weighted by Crippen LogP contribution is 2.36. The summed E-state index contributed by atoms with van der Waals surface area (Å²) in [5.41, 5.74) is 6.70. The number of Topliss-reactive ketones (excluding diaryl/α,β-unsaturated/α-hetero) is 1. The minimum Gasteiger partial charge on any atom is -0.319 e. The second kappa shape index (κ2) is 7.97. The molecule has 1 atom stereocenters. The zero-order chi connectivity index (χ0) is 21.4. The first-order valence-electron chi connectivity index (χ1n) is 10.6. The van der Waals surface area contributed by atoms with Gasteiger partial charge in [0.1, 0.15) is 0 Å². The number of likely N-dealkylation sites (N-methyl/N-ethyl adjacent to an activating group) is 1. The van der Waals surface area contributed by atoms with E-state index in [0.717, 1.165) is 35.5 Å². The molecule has 1 N–H and O–H groups in total. The Morgan fingerprint density at radius 1 is 0.935 bits per heavy atom. The van der Waals surface area contributed by atoms with E-state index in [-0.39, 0.29) is 5.92 Å². The van der Waals surface area contributed by atoms with Crippen molar-refractivity contribution in [1.82, 2.24) is 4.90 Å². The molecule has 154 valence electrons. The molecule has 3 aromatic carbocycles. The van der Waals surface area contributed by atoms with Gasteiger partial charge in [-0.3, -0.25) is 9.59 Å². The molecular formula is C27H24N2O2. The predicted molar refractivity (Wildman–Crippen MR) is 123 cm³/mol. The van der Waals surface area contributed by atoms with Crippen LogP contribution in [0.4, 0.5) is 5.69 Å². The fourth-order valence-electron chi connectivity index (χ4n) is 4.74. The van der Waals surface area contributed by atoms with Crippen LogP contribution in [0.25, 0.3) is 5.57 Å². The van der Waals surface area contributed by atoms with Gasteiger partial charge in [0, 0.05) is 30.3 Å². The van der Waals surface area contributed by atoms with E-state index in [4.69, 9.17) is 0 Å². The second-order valence-corrected chi connectivity index (χ2v) is 8.30. The van der Waals surface area contributed by atoms with E-state index in [9.17, 15) is 9.59 Å². The molecule has 4 nitrogen and oxygen atoms in total. The molecule has 0 saturated carbocycles. The van der Waals surface area contributed by atoms with Gasteiger partial charge in [0.15, 0.2) is 0 Å². The first-order valence-corrected chi connectivity index (χ1v) is 10.6. The quantitative estimate of drug-likeness (QED) is 0.651. The third kappa shape index (κ3) is 3.60. The molecule has 3 aromatic rings. The van der Waals surface area contributed by atoms with E-state index in [1.165, 1.54) is 11.1 Å². The van der Waals surface area contributed by atoms with Gasteiger partial charge in [0.2, 0.25) is 0 Å². The summed E-state index contributed by atoms with van der Waals surface area (Å²) < 4.78 is 0. The van der Waals surface area contributed by atoms with E-state index >= 15 is 0 Å². The zero-order valence-corrected chi connectivity index (χ0v) is 17.5. The van der Waals surface area contributed by atoms with Crippen LogP contribution in [0.2, 0.25) is 0 Å². The topological polar surface area (TPSA) is 49.4 Å². The zero-order valence-electron chi connectivity index (χ0n) is 17.5. The van der Waals surface area contributed by atoms with Crippen molar-refractivity contribution in [3.63, 3.8) is 0 Å². The number of fused-ring (bicyclic) bond motifs is 2. The number of nitrogens with one attached hydrogen (secondary N) is 1. The maximum Gasteiger partial charge on any atom is 0.296 e. The predicted octanol–water partition coefficient (Wildman–Crippen LogP) is 4.41. The number of anilines is 1. The number of rotatable bonds is 4. The highest BCUT2D eigenvalue weighted by atomic mass is 16.2. The molecule has 0 bridgehead atoms. The number of carbonyl (C=O) groups is 2. The van der Waals surface area contributed by atoms with Crippen LogP contribution in [-0.2, 0) is 22.6 Å². The van der Waals surface area contributed by atoms with Gasteiger partial charge < -0.3 is 10.2 Å². The molecule has 1 amide bonds. The maximum absolute atomic E-state index is 12.9. The molecule has 31 heavy (non-hydrogen) atoms. The Morgan fingerprint density at radius 3 is 2.55 bits per heavy atom. The molecule has 0 radical (unpaired) electrons. The van der Waals surface area contributed by atoms with E-state index in [1.807, 2.05) is 48.5 Å². The molecule has 4 heteroatoms. The summed E-state index contributed by atoms with van der Waals surface area (Å²) in [6, 6.07) is 24.2. The van der Waals surface area contributed by atoms with Gasteiger partial charge in [0.25, 0.3) is 11.7 Å². The summed E-state index contributed by atoms with van der Waals surface area (Å²) in [5.74, 6) is -0.834. The average molecular weight is 409 g/mol. The monoisotopic (exact) mass is 408 g/mol. The Labute approximate surface area is 182 Å². The Balaban J connectivity index is 1.43. The Kier molecular flexibility index (Phi) is 5.00. The molecule has 1 aliphatic carbocycles. The van der Waals surface area contributed by atoms with Gasteiger partial charge >= 0.3 is 0 Å². The van der Waals surface area contributed by atoms with Crippen molar-refractivity contribution < 1.29 is 9.59 Å². The van der Waals surface area contributed by atoms with Gasteiger partial charge in [-0.05, 0) is 47.4 Å². The molecule has 1 heterocycles. The average Bonchev–Trinajstić information content (AvgIpc) is 3.23. The van der Waals surface area contributed by atoms with E-state index in [0.29, 0.717) is 12.0 Å². The number of ketones is 1. The maximum atomic E-state index is 12.9. The third-order valence-electron chi connectivity index (χ3n) is 6.24. The van der Waals surface area contributed by atoms with Crippen LogP contribution >= 0.6 is 0 Å². The van der Waals surface area contributed by atoms with Gasteiger partial charge in [-0.2, -0.15) is 0 Å². The van der Waals surface area contributed by atoms with Crippen molar-refractivity contribution in [3.8, 4) is 0 Å². The fourth-order valence-corrected chi connectivity index (χ4v) is 4.74. The molecule has 0 fully saturated rings. The number of hydrogen-bond donors (Lipinski definition) is 1. The number of amides is 1. The lowest BCUT2D eigenvalue weighted by atomic mass is 9.84. The van der Waals surface area contributed by atoms with Crippen LogP contribution in [-0.4, -0.2) is 30.2 Å². The van der Waals surface area contributed by atoms with E-state index in [2.05, 4.69) is 47.6 Å². The highest BCUT2D eigenvalue weighted by Gasteiger charge is 2.29. The number of allylic oxidation sites excluding steroid dienone is 1. The Hall–Kier alpha value is -3.50. The molecular weight excluding hydrogens is 384 g/mol. The molecule has 1 unspecified atom stereocenters. The smallest absolute Gasteiger partial charge is 0.296 e. The second-order valence-electron chi connectivity index (χ2n) is 8.30. The van der Waals surface area contributed by atoms with Gasteiger partial charge in [-0.1, -0.05) is 72.8 Å². The van der Waals surface area contributed by atoms with Gasteiger partial charge in [-0.25, -0.2) is 0 Å². The summed E-state index contributed by atoms with van der Waals surface area (Å²) in [4.78, 5) is 28.1. The summed E-state index contributed by atoms with van der Waals surface area (Å²) in [6.07, 6.45) is 2.54. The number of nitrogens with zero attached hydrogens (tertiary/aromatic N) is 1. The summed E-state index contributed by atoms with van der Waals surface area (Å²) in [6.45, 7) is 1.64. The van der Waals surface area contributed by atoms with Crippen LogP contribution in [0, 0.1) is 0 Å². The van der Waals surface area contributed by atoms with Gasteiger partial charge in [-0.15, -0.1) is 0 Å². The Morgan fingerprint density at radius 2 is 1.71 bits per heavy atom. The highest BCUT2D eigenvalue weighted by molar-refractivity contribution is 6.56. The van der Waals surface area contributed by atoms with Crippen molar-refractivity contribution in [2.24, 2.45) is 0 Å². The van der Waals surface area contributed by atoms with Crippen LogP contribution in [0.1, 0.15) is 33.7 Å². The summed E-state index contributed by atoms with van der Waals surface area (Å²) in [5, 5.41) is 2.91. The van der Waals surface area contributed by atoms with Gasteiger partial charge in [0.05, 0.1) is 0 Å². The SMILES string of the molecule is CN1Cc2c(NC(=O)C(=O)C3=CCc4ccccc43)cccc2C(c2ccccc2)C1. The number of benzene rings is 3. The lowest BCUT2D eigenvalue weighted by molar-refractivity contribution is -0.131. The largest absolute Gasteiger partial charge is 0.319 e. The normalized spacial score (nSPS) is 17.5. The lowest BCUT2D eigenvalue weighted by Crippen LogP contribution is -2.32. The number of hydrogen-bond acceptors (Lipinski definition) is 3. The van der Waals surface area contributed by atoms with E-state index in [1.54, 1.807) is 0 Å². The fraction of sp³-hybridized carbons (Fsp3) is 0.185. The molecule has 0 spiro atoms. The van der Waals surface area contributed by atoms with Crippen molar-refractivity contribution in [1.29, 1.82) is 0 Å². The first kappa shape index (κ1) is 19.5. The first-order chi connectivity index (χ1) is 15.1. The molecule has 5 rings (SSSR count). The van der Waals surface area contributed by atoms with Crippen LogP contribution in [0.3, 0.4) is 0 Å². The molecule has 0 aromatic heterocycles. The van der Waals surface area contributed by atoms with Crippen molar-refractivity contribution >= 4 is 23.0 Å². The number of carbonyl (C=O) groups excluding carboxylic acids is 2. The lowest BCUT2D eigenvalue weighted by Gasteiger charge is -2.34. The summed E-state index contributed by atoms with van der Waals surface area (Å²) >= 11 is 0. The molecule has 1 aliphatic heterocycles. The standard InChI is InChI=1S/C27H24N2O2/c1-29-16-23(18-8-3-2-4-9-18)21-12-7-13-25(24(21)17-29)28-27(31)26(30)22-15-14-19-10-5-6-11-20(19)22/h2-13,15,23H,14,16-17H2,1H3,(H,28,31). The van der Waals surface area contributed by atoms with Crippen molar-refractivity contribution in [3.05, 3.63) is 107 Å². The van der Waals surface area contributed by atoms with Crippen molar-refractivity contribution in [2.45, 2.75) is 18.9 Å². The summed E-state index contributed by atoms with van der Waals surface area (Å²) in [7, 11) is 2.09. The minimum atomic E-state index is -0.583. The Bertz CT molecular complexity index is 1200. The van der Waals surface area contributed by atoms with Crippen molar-refractivity contribution in [2.75, 3.05) is 18.9 Å². The molecule has 2 aliphatic rings. The van der Waals surface area contributed by atoms with Crippen LogP contribution in [0.15, 0.2) is 78.9 Å². The van der Waals surface area contributed by atoms with E-state index < -0.39 is 11.7 Å². The molecule has 0 saturated heterocycles. The third-order valence-corrected chi connectivity index (χ3v) is 6.24.